The molecule has 0 bridgehead atoms. The summed E-state index contributed by atoms with van der Waals surface area (Å²) in [5, 5.41) is 0. The van der Waals surface area contributed by atoms with Gasteiger partial charge in [0.15, 0.2) is 0 Å². The second-order valence-electron chi connectivity index (χ2n) is 4.04. The van der Waals surface area contributed by atoms with Crippen molar-refractivity contribution >= 4 is 0 Å². The summed E-state index contributed by atoms with van der Waals surface area (Å²) in [6.45, 7) is 0. The van der Waals surface area contributed by atoms with Gasteiger partial charge in [0.2, 0.25) is 0 Å². The van der Waals surface area contributed by atoms with E-state index in [2.05, 4.69) is 5.43 Å². The Morgan fingerprint density at radius 1 is 1.22 bits per heavy atom. The molecule has 5 heteroatoms. The molecule has 3 N–H and O–H groups in total. The van der Waals surface area contributed by atoms with Crippen LogP contribution < -0.4 is 11.3 Å². The first-order valence-electron chi connectivity index (χ1n) is 5.63. The van der Waals surface area contributed by atoms with E-state index in [1.54, 1.807) is 12.3 Å². The summed E-state index contributed by atoms with van der Waals surface area (Å²) in [5.41, 5.74) is 3.05. The van der Waals surface area contributed by atoms with E-state index in [9.17, 15) is 8.78 Å². The van der Waals surface area contributed by atoms with Crippen molar-refractivity contribution in [3.63, 3.8) is 0 Å². The molecule has 2 aromatic rings. The molecule has 0 aliphatic rings. The molecular weight excluding hydrogens is 238 g/mol. The number of halogens is 2. The number of benzene rings is 1. The van der Waals surface area contributed by atoms with E-state index in [0.29, 0.717) is 18.4 Å². The predicted octanol–water partition coefficient (Wildman–Crippen LogP) is 2.70. The molecule has 96 valence electrons. The topological polar surface area (TPSA) is 51.2 Å². The lowest BCUT2D eigenvalue weighted by Gasteiger charge is -2.15. The maximum absolute atomic E-state index is 13.1. The van der Waals surface area contributed by atoms with E-state index >= 15 is 0 Å². The van der Waals surface area contributed by atoms with E-state index in [0.717, 1.165) is 11.8 Å². The van der Waals surface area contributed by atoms with E-state index < -0.39 is 11.6 Å². The second kappa shape index (κ2) is 5.75. The molecule has 0 aliphatic carbocycles. The molecule has 0 amide bonds. The van der Waals surface area contributed by atoms with Crippen molar-refractivity contribution in [3.05, 3.63) is 59.6 Å². The smallest absolute Gasteiger partial charge is 0.126 e. The van der Waals surface area contributed by atoms with Crippen molar-refractivity contribution in [2.45, 2.75) is 18.9 Å². The van der Waals surface area contributed by atoms with Gasteiger partial charge >= 0.3 is 0 Å². The van der Waals surface area contributed by atoms with Crippen LogP contribution >= 0.6 is 0 Å². The number of nitrogens with one attached hydrogen (secondary N) is 1. The highest BCUT2D eigenvalue weighted by Crippen LogP contribution is 2.20. The lowest BCUT2D eigenvalue weighted by molar-refractivity contribution is 0.455. The summed E-state index contributed by atoms with van der Waals surface area (Å²) in [7, 11) is 0. The molecule has 2 rings (SSSR count). The van der Waals surface area contributed by atoms with Gasteiger partial charge in [-0.1, -0.05) is 0 Å². The Bertz CT molecular complexity index is 479. The van der Waals surface area contributed by atoms with Crippen molar-refractivity contribution in [2.75, 3.05) is 0 Å². The molecule has 0 radical (unpaired) electrons. The number of rotatable bonds is 5. The zero-order chi connectivity index (χ0) is 13.0. The third-order valence-electron chi connectivity index (χ3n) is 2.75. The van der Waals surface area contributed by atoms with Gasteiger partial charge in [-0.3, -0.25) is 11.3 Å². The van der Waals surface area contributed by atoms with Crippen LogP contribution in [0.5, 0.6) is 0 Å². The summed E-state index contributed by atoms with van der Waals surface area (Å²) in [6.07, 6.45) is 2.81. The molecule has 1 aromatic heterocycles. The fraction of sp³-hybridized carbons (Fsp3) is 0.231. The van der Waals surface area contributed by atoms with Gasteiger partial charge < -0.3 is 4.42 Å². The van der Waals surface area contributed by atoms with Crippen molar-refractivity contribution in [1.29, 1.82) is 0 Å². The average Bonchev–Trinajstić information content (AvgIpc) is 2.81. The SMILES string of the molecule is NNC(CCc1ccco1)c1cc(F)cc(F)c1. The summed E-state index contributed by atoms with van der Waals surface area (Å²) < 4.78 is 31.4. The summed E-state index contributed by atoms with van der Waals surface area (Å²) in [6, 6.07) is 6.71. The highest BCUT2D eigenvalue weighted by Gasteiger charge is 2.13. The number of nitrogens with two attached hydrogens (primary N) is 1. The lowest BCUT2D eigenvalue weighted by atomic mass is 10.0. The van der Waals surface area contributed by atoms with E-state index in [4.69, 9.17) is 10.3 Å². The van der Waals surface area contributed by atoms with Gasteiger partial charge in [0.05, 0.1) is 6.26 Å². The molecule has 0 saturated carbocycles. The summed E-state index contributed by atoms with van der Waals surface area (Å²) in [5.74, 6) is 5.01. The summed E-state index contributed by atoms with van der Waals surface area (Å²) >= 11 is 0. The third-order valence-corrected chi connectivity index (χ3v) is 2.75. The van der Waals surface area contributed by atoms with Crippen molar-refractivity contribution in [1.82, 2.24) is 5.43 Å². The Morgan fingerprint density at radius 3 is 2.50 bits per heavy atom. The van der Waals surface area contributed by atoms with Gasteiger partial charge in [-0.25, -0.2) is 8.78 Å². The van der Waals surface area contributed by atoms with Gasteiger partial charge in [0.25, 0.3) is 0 Å². The highest BCUT2D eigenvalue weighted by atomic mass is 19.1. The van der Waals surface area contributed by atoms with Crippen LogP contribution in [0.3, 0.4) is 0 Å². The van der Waals surface area contributed by atoms with E-state index in [1.807, 2.05) is 6.07 Å². The predicted molar refractivity (Wildman–Crippen MR) is 63.5 cm³/mol. The van der Waals surface area contributed by atoms with Crippen molar-refractivity contribution < 1.29 is 13.2 Å². The quantitative estimate of drug-likeness (QED) is 0.635. The molecule has 0 spiro atoms. The molecular formula is C13H14F2N2O. The lowest BCUT2D eigenvalue weighted by Crippen LogP contribution is -2.28. The molecule has 0 aliphatic heterocycles. The zero-order valence-corrected chi connectivity index (χ0v) is 9.70. The second-order valence-corrected chi connectivity index (χ2v) is 4.04. The van der Waals surface area contributed by atoms with E-state index in [1.165, 1.54) is 12.1 Å². The average molecular weight is 252 g/mol. The Labute approximate surface area is 104 Å². The maximum Gasteiger partial charge on any atom is 0.126 e. The van der Waals surface area contributed by atoms with Crippen LogP contribution in [0.15, 0.2) is 41.0 Å². The van der Waals surface area contributed by atoms with Crippen LogP contribution in [0.1, 0.15) is 23.8 Å². The molecule has 1 aromatic carbocycles. The molecule has 0 saturated heterocycles. The number of aryl methyl sites for hydroxylation is 1. The Kier molecular flexibility index (Phi) is 4.07. The standard InChI is InChI=1S/C13H14F2N2O/c14-10-6-9(7-11(15)8-10)13(17-16)4-3-12-2-1-5-18-12/h1-2,5-8,13,17H,3-4,16H2. The van der Waals surface area contributed by atoms with Gasteiger partial charge in [-0.05, 0) is 36.2 Å². The number of hydrogen-bond acceptors (Lipinski definition) is 3. The largest absolute Gasteiger partial charge is 0.469 e. The molecule has 1 unspecified atom stereocenters. The molecule has 18 heavy (non-hydrogen) atoms. The van der Waals surface area contributed by atoms with Crippen LogP contribution in [0.2, 0.25) is 0 Å². The first kappa shape index (κ1) is 12.7. The first-order chi connectivity index (χ1) is 8.69. The minimum Gasteiger partial charge on any atom is -0.469 e. The van der Waals surface area contributed by atoms with Gasteiger partial charge in [0, 0.05) is 18.5 Å². The van der Waals surface area contributed by atoms with Crippen molar-refractivity contribution in [3.8, 4) is 0 Å². The van der Waals surface area contributed by atoms with Crippen LogP contribution in [-0.4, -0.2) is 0 Å². The molecule has 0 fully saturated rings. The maximum atomic E-state index is 13.1. The summed E-state index contributed by atoms with van der Waals surface area (Å²) in [4.78, 5) is 0. The Morgan fingerprint density at radius 2 is 1.94 bits per heavy atom. The monoisotopic (exact) mass is 252 g/mol. The van der Waals surface area contributed by atoms with E-state index in [-0.39, 0.29) is 6.04 Å². The number of hydrogen-bond donors (Lipinski definition) is 2. The Balaban J connectivity index is 2.07. The van der Waals surface area contributed by atoms with Crippen LogP contribution in [-0.2, 0) is 6.42 Å². The van der Waals surface area contributed by atoms with Crippen molar-refractivity contribution in [2.24, 2.45) is 5.84 Å². The minimum absolute atomic E-state index is 0.319. The van der Waals surface area contributed by atoms with Gasteiger partial charge in [-0.2, -0.15) is 0 Å². The Hall–Kier alpha value is -1.72. The van der Waals surface area contributed by atoms with Crippen LogP contribution in [0.4, 0.5) is 8.78 Å². The minimum atomic E-state index is -0.608. The highest BCUT2D eigenvalue weighted by molar-refractivity contribution is 5.21. The fourth-order valence-corrected chi connectivity index (χ4v) is 1.86. The number of furan rings is 1. The molecule has 1 atom stereocenters. The number of hydrazine groups is 1. The van der Waals surface area contributed by atoms with Gasteiger partial charge in [-0.15, -0.1) is 0 Å². The van der Waals surface area contributed by atoms with Crippen LogP contribution in [0, 0.1) is 11.6 Å². The molecule has 1 heterocycles. The zero-order valence-electron chi connectivity index (χ0n) is 9.70. The first-order valence-corrected chi connectivity index (χ1v) is 5.63. The third kappa shape index (κ3) is 3.15. The fourth-order valence-electron chi connectivity index (χ4n) is 1.86. The van der Waals surface area contributed by atoms with Crippen LogP contribution in [0.25, 0.3) is 0 Å². The van der Waals surface area contributed by atoms with Gasteiger partial charge in [0.1, 0.15) is 17.4 Å². The normalized spacial score (nSPS) is 12.6. The molecule has 3 nitrogen and oxygen atoms in total.